The maximum atomic E-state index is 12.3. The molecule has 0 atom stereocenters. The number of amides is 1. The molecule has 5 heteroatoms. The van der Waals surface area contributed by atoms with Crippen LogP contribution < -0.4 is 5.73 Å². The van der Waals surface area contributed by atoms with Crippen LogP contribution in [0.2, 0.25) is 5.02 Å². The van der Waals surface area contributed by atoms with Crippen LogP contribution in [0.25, 0.3) is 0 Å². The topological polar surface area (TPSA) is 70.1 Å². The summed E-state index contributed by atoms with van der Waals surface area (Å²) in [5.41, 5.74) is 8.02. The summed E-state index contributed by atoms with van der Waals surface area (Å²) in [7, 11) is 1.70. The molecule has 0 bridgehead atoms. The van der Waals surface area contributed by atoms with Gasteiger partial charge in [-0.1, -0.05) is 23.7 Å². The van der Waals surface area contributed by atoms with Crippen LogP contribution in [0.4, 0.5) is 5.69 Å². The standard InChI is InChI=1S/C16H14ClN3O/c1-20(10-12-4-2-3-11(7-12)9-18)16(21)13-5-6-15(19)14(17)8-13/h2-8H,10,19H2,1H3. The lowest BCUT2D eigenvalue weighted by Crippen LogP contribution is -2.26. The van der Waals surface area contributed by atoms with E-state index in [0.29, 0.717) is 28.4 Å². The van der Waals surface area contributed by atoms with Gasteiger partial charge in [0.15, 0.2) is 0 Å². The first-order valence-corrected chi connectivity index (χ1v) is 6.68. The number of benzene rings is 2. The van der Waals surface area contributed by atoms with Crippen molar-refractivity contribution in [3.63, 3.8) is 0 Å². The summed E-state index contributed by atoms with van der Waals surface area (Å²) >= 11 is 5.93. The number of hydrogen-bond acceptors (Lipinski definition) is 3. The largest absolute Gasteiger partial charge is 0.398 e. The van der Waals surface area contributed by atoms with Gasteiger partial charge >= 0.3 is 0 Å². The minimum Gasteiger partial charge on any atom is -0.398 e. The van der Waals surface area contributed by atoms with E-state index in [1.54, 1.807) is 48.3 Å². The molecule has 0 spiro atoms. The fraction of sp³-hybridized carbons (Fsp3) is 0.125. The molecule has 2 N–H and O–H groups in total. The molecule has 0 fully saturated rings. The third kappa shape index (κ3) is 3.53. The fourth-order valence-corrected chi connectivity index (χ4v) is 2.15. The molecule has 0 aliphatic heterocycles. The number of nitrogens with two attached hydrogens (primary N) is 1. The third-order valence-electron chi connectivity index (χ3n) is 3.07. The summed E-state index contributed by atoms with van der Waals surface area (Å²) in [6.45, 7) is 0.413. The number of carbonyl (C=O) groups excluding carboxylic acids is 1. The number of nitrogens with zero attached hydrogens (tertiary/aromatic N) is 2. The van der Waals surface area contributed by atoms with Crippen LogP contribution >= 0.6 is 11.6 Å². The fourth-order valence-electron chi connectivity index (χ4n) is 1.97. The van der Waals surface area contributed by atoms with Gasteiger partial charge in [0.05, 0.1) is 22.3 Å². The van der Waals surface area contributed by atoms with Crippen molar-refractivity contribution < 1.29 is 4.79 Å². The Morgan fingerprint density at radius 1 is 1.33 bits per heavy atom. The average Bonchev–Trinajstić information content (AvgIpc) is 2.49. The Kier molecular flexibility index (Phi) is 4.46. The van der Waals surface area contributed by atoms with Gasteiger partial charge in [-0.2, -0.15) is 5.26 Å². The molecular formula is C16H14ClN3O. The van der Waals surface area contributed by atoms with Crippen molar-refractivity contribution in [2.24, 2.45) is 0 Å². The highest BCUT2D eigenvalue weighted by Gasteiger charge is 2.13. The smallest absolute Gasteiger partial charge is 0.253 e. The number of nitriles is 1. The Balaban J connectivity index is 2.15. The number of rotatable bonds is 3. The van der Waals surface area contributed by atoms with Crippen molar-refractivity contribution in [1.29, 1.82) is 5.26 Å². The van der Waals surface area contributed by atoms with Gasteiger partial charge in [-0.25, -0.2) is 0 Å². The van der Waals surface area contributed by atoms with Crippen LogP contribution in [0, 0.1) is 11.3 Å². The van der Waals surface area contributed by atoms with Crippen molar-refractivity contribution >= 4 is 23.2 Å². The number of hydrogen-bond donors (Lipinski definition) is 1. The monoisotopic (exact) mass is 299 g/mol. The molecule has 2 rings (SSSR count). The lowest BCUT2D eigenvalue weighted by Gasteiger charge is -2.18. The lowest BCUT2D eigenvalue weighted by molar-refractivity contribution is 0.0785. The van der Waals surface area contributed by atoms with Crippen LogP contribution in [-0.2, 0) is 6.54 Å². The summed E-state index contributed by atoms with van der Waals surface area (Å²) in [4.78, 5) is 13.9. The van der Waals surface area contributed by atoms with E-state index in [0.717, 1.165) is 5.56 Å². The molecule has 0 heterocycles. The summed E-state index contributed by atoms with van der Waals surface area (Å²) in [6.07, 6.45) is 0. The SMILES string of the molecule is CN(Cc1cccc(C#N)c1)C(=O)c1ccc(N)c(Cl)c1. The predicted molar refractivity (Wildman–Crippen MR) is 82.8 cm³/mol. The second-order valence-corrected chi connectivity index (χ2v) is 5.12. The summed E-state index contributed by atoms with van der Waals surface area (Å²) in [5.74, 6) is -0.153. The van der Waals surface area contributed by atoms with Crippen molar-refractivity contribution in [1.82, 2.24) is 4.90 Å². The van der Waals surface area contributed by atoms with Crippen LogP contribution in [0.3, 0.4) is 0 Å². The van der Waals surface area contributed by atoms with E-state index in [1.165, 1.54) is 0 Å². The van der Waals surface area contributed by atoms with Gasteiger partial charge in [0, 0.05) is 19.2 Å². The van der Waals surface area contributed by atoms with Gasteiger partial charge in [-0.05, 0) is 35.9 Å². The Morgan fingerprint density at radius 3 is 2.76 bits per heavy atom. The van der Waals surface area contributed by atoms with Crippen LogP contribution in [0.1, 0.15) is 21.5 Å². The molecule has 4 nitrogen and oxygen atoms in total. The molecule has 0 aromatic heterocycles. The Labute approximate surface area is 128 Å². The molecule has 2 aromatic carbocycles. The quantitative estimate of drug-likeness (QED) is 0.885. The van der Waals surface area contributed by atoms with Gasteiger partial charge < -0.3 is 10.6 Å². The van der Waals surface area contributed by atoms with Crippen molar-refractivity contribution in [3.05, 3.63) is 64.2 Å². The molecule has 2 aromatic rings. The van der Waals surface area contributed by atoms with E-state index >= 15 is 0 Å². The van der Waals surface area contributed by atoms with Gasteiger partial charge in [0.25, 0.3) is 5.91 Å². The van der Waals surface area contributed by atoms with E-state index in [-0.39, 0.29) is 5.91 Å². The van der Waals surface area contributed by atoms with Gasteiger partial charge in [-0.15, -0.1) is 0 Å². The molecule has 21 heavy (non-hydrogen) atoms. The number of halogens is 1. The summed E-state index contributed by atoms with van der Waals surface area (Å²) in [5, 5.41) is 9.24. The molecule has 106 valence electrons. The third-order valence-corrected chi connectivity index (χ3v) is 3.40. The van der Waals surface area contributed by atoms with Crippen molar-refractivity contribution in [2.45, 2.75) is 6.54 Å². The van der Waals surface area contributed by atoms with Gasteiger partial charge in [0.1, 0.15) is 0 Å². The highest BCUT2D eigenvalue weighted by molar-refractivity contribution is 6.33. The number of nitrogen functional groups attached to an aromatic ring is 1. The zero-order valence-electron chi connectivity index (χ0n) is 11.5. The van der Waals surface area contributed by atoms with E-state index in [4.69, 9.17) is 22.6 Å². The molecule has 0 saturated heterocycles. The Bertz CT molecular complexity index is 722. The Hall–Kier alpha value is -2.51. The van der Waals surface area contributed by atoms with Crippen LogP contribution in [0.15, 0.2) is 42.5 Å². The van der Waals surface area contributed by atoms with Crippen molar-refractivity contribution in [2.75, 3.05) is 12.8 Å². The molecular weight excluding hydrogens is 286 g/mol. The normalized spacial score (nSPS) is 9.95. The molecule has 0 aliphatic carbocycles. The highest BCUT2D eigenvalue weighted by atomic mass is 35.5. The first-order valence-electron chi connectivity index (χ1n) is 6.31. The van der Waals surface area contributed by atoms with E-state index in [1.807, 2.05) is 6.07 Å². The zero-order valence-corrected chi connectivity index (χ0v) is 12.3. The van der Waals surface area contributed by atoms with E-state index < -0.39 is 0 Å². The van der Waals surface area contributed by atoms with E-state index in [9.17, 15) is 4.79 Å². The Morgan fingerprint density at radius 2 is 2.10 bits per heavy atom. The summed E-state index contributed by atoms with van der Waals surface area (Å²) < 4.78 is 0. The molecule has 0 unspecified atom stereocenters. The molecule has 0 aliphatic rings. The number of carbonyl (C=O) groups is 1. The number of anilines is 1. The lowest BCUT2D eigenvalue weighted by atomic mass is 10.1. The summed E-state index contributed by atoms with van der Waals surface area (Å²) in [6, 6.07) is 14.1. The molecule has 0 saturated carbocycles. The molecule has 1 amide bonds. The first-order chi connectivity index (χ1) is 10.0. The van der Waals surface area contributed by atoms with Gasteiger partial charge in [-0.3, -0.25) is 4.79 Å². The second-order valence-electron chi connectivity index (χ2n) is 4.71. The first kappa shape index (κ1) is 14.9. The van der Waals surface area contributed by atoms with Gasteiger partial charge in [0.2, 0.25) is 0 Å². The minimum absolute atomic E-state index is 0.153. The second kappa shape index (κ2) is 6.29. The van der Waals surface area contributed by atoms with Crippen LogP contribution in [-0.4, -0.2) is 17.9 Å². The average molecular weight is 300 g/mol. The van der Waals surface area contributed by atoms with E-state index in [2.05, 4.69) is 6.07 Å². The minimum atomic E-state index is -0.153. The maximum absolute atomic E-state index is 12.3. The highest BCUT2D eigenvalue weighted by Crippen LogP contribution is 2.20. The predicted octanol–water partition coefficient (Wildman–Crippen LogP) is 3.07. The molecule has 0 radical (unpaired) electrons. The maximum Gasteiger partial charge on any atom is 0.253 e. The zero-order chi connectivity index (χ0) is 15.4. The van der Waals surface area contributed by atoms with Crippen LogP contribution in [0.5, 0.6) is 0 Å². The van der Waals surface area contributed by atoms with Crippen molar-refractivity contribution in [3.8, 4) is 6.07 Å².